The highest BCUT2D eigenvalue weighted by atomic mass is 16.4. The zero-order valence-electron chi connectivity index (χ0n) is 19.5. The molecule has 35 heavy (non-hydrogen) atoms. The van der Waals surface area contributed by atoms with Crippen LogP contribution in [-0.2, 0) is 25.6 Å². The van der Waals surface area contributed by atoms with Crippen molar-refractivity contribution in [2.75, 3.05) is 19.6 Å². The van der Waals surface area contributed by atoms with Crippen LogP contribution in [0.25, 0.3) is 0 Å². The normalized spacial score (nSPS) is 13.2. The van der Waals surface area contributed by atoms with Crippen LogP contribution in [0, 0.1) is 0 Å². The summed E-state index contributed by atoms with van der Waals surface area (Å²) in [7, 11) is 0. The molecule has 15 nitrogen and oxygen atoms in total. The van der Waals surface area contributed by atoms with E-state index >= 15 is 0 Å². The molecule has 3 amide bonds. The SMILES string of the molecule is NCCCCC(NC(=O)C(CCCN=C(N)N)NC(=O)CN)C(=O)NC(Cc1cnc[nH]1)C(=O)O. The number of aromatic amines is 1. The van der Waals surface area contributed by atoms with E-state index in [0.717, 1.165) is 0 Å². The second-order valence-electron chi connectivity index (χ2n) is 7.80. The van der Waals surface area contributed by atoms with Crippen LogP contribution in [0.15, 0.2) is 17.5 Å². The minimum Gasteiger partial charge on any atom is -0.480 e. The Bertz CT molecular complexity index is 841. The minimum atomic E-state index is -1.25. The number of carboxylic acid groups (broad SMARTS) is 1. The summed E-state index contributed by atoms with van der Waals surface area (Å²) in [6, 6.07) is -3.29. The first-order valence-corrected chi connectivity index (χ1v) is 11.2. The maximum Gasteiger partial charge on any atom is 0.326 e. The summed E-state index contributed by atoms with van der Waals surface area (Å²) in [6.45, 7) is 0.296. The zero-order chi connectivity index (χ0) is 26.2. The summed E-state index contributed by atoms with van der Waals surface area (Å²) in [5.74, 6) is -3.19. The molecule has 0 aliphatic heterocycles. The Morgan fingerprint density at radius 1 is 0.971 bits per heavy atom. The van der Waals surface area contributed by atoms with Gasteiger partial charge in [0.05, 0.1) is 12.9 Å². The van der Waals surface area contributed by atoms with E-state index < -0.39 is 41.8 Å². The summed E-state index contributed by atoms with van der Waals surface area (Å²) in [5.41, 5.74) is 22.0. The number of unbranched alkanes of at least 4 members (excludes halogenated alkanes) is 1. The Balaban J connectivity index is 2.92. The standard InChI is InChI=1S/C20H36N10O5/c21-6-2-1-4-14(18(33)30-15(19(34)35)8-12-10-25-11-27-12)29-17(32)13(28-16(31)9-22)5-3-7-26-20(23)24/h10-11,13-15H,1-9,21-22H2,(H,25,27)(H,28,31)(H,29,32)(H,30,33)(H,34,35)(H4,23,24,26). The van der Waals surface area contributed by atoms with Crippen molar-refractivity contribution >= 4 is 29.7 Å². The highest BCUT2D eigenvalue weighted by Crippen LogP contribution is 2.06. The number of amides is 3. The molecule has 0 aliphatic carbocycles. The number of carbonyl (C=O) groups excluding carboxylic acids is 3. The number of H-pyrrole nitrogens is 1. The van der Waals surface area contributed by atoms with Gasteiger partial charge >= 0.3 is 5.97 Å². The molecule has 196 valence electrons. The minimum absolute atomic E-state index is 0.0233. The summed E-state index contributed by atoms with van der Waals surface area (Å²) in [6.07, 6.45) is 4.71. The number of nitrogens with zero attached hydrogens (tertiary/aromatic N) is 2. The molecule has 3 atom stereocenters. The van der Waals surface area contributed by atoms with Crippen molar-refractivity contribution < 1.29 is 24.3 Å². The Morgan fingerprint density at radius 2 is 1.60 bits per heavy atom. The number of hydrogen-bond donors (Lipinski definition) is 9. The van der Waals surface area contributed by atoms with Crippen molar-refractivity contribution in [3.8, 4) is 0 Å². The molecular formula is C20H36N10O5. The van der Waals surface area contributed by atoms with Gasteiger partial charge in [0.15, 0.2) is 5.96 Å². The van der Waals surface area contributed by atoms with E-state index in [4.69, 9.17) is 22.9 Å². The fraction of sp³-hybridized carbons (Fsp3) is 0.600. The molecule has 0 spiro atoms. The molecule has 13 N–H and O–H groups in total. The van der Waals surface area contributed by atoms with E-state index in [1.54, 1.807) is 0 Å². The summed E-state index contributed by atoms with van der Waals surface area (Å²) in [5, 5.41) is 17.1. The average molecular weight is 497 g/mol. The lowest BCUT2D eigenvalue weighted by Crippen LogP contribution is -2.56. The summed E-state index contributed by atoms with van der Waals surface area (Å²) < 4.78 is 0. The predicted octanol–water partition coefficient (Wildman–Crippen LogP) is -3.37. The maximum absolute atomic E-state index is 13.0. The van der Waals surface area contributed by atoms with Crippen LogP contribution in [0.4, 0.5) is 0 Å². The van der Waals surface area contributed by atoms with Gasteiger partial charge in [-0.25, -0.2) is 9.78 Å². The molecule has 0 saturated carbocycles. The van der Waals surface area contributed by atoms with Gasteiger partial charge in [-0.05, 0) is 38.6 Å². The molecule has 0 aromatic carbocycles. The van der Waals surface area contributed by atoms with Crippen LogP contribution in [-0.4, -0.2) is 82.5 Å². The lowest BCUT2D eigenvalue weighted by atomic mass is 10.0. The maximum atomic E-state index is 13.0. The van der Waals surface area contributed by atoms with Crippen LogP contribution in [0.1, 0.15) is 37.8 Å². The number of rotatable bonds is 17. The number of nitrogens with one attached hydrogen (secondary N) is 4. The van der Waals surface area contributed by atoms with Crippen molar-refractivity contribution in [1.29, 1.82) is 0 Å². The van der Waals surface area contributed by atoms with Crippen LogP contribution in [0.5, 0.6) is 0 Å². The fourth-order valence-corrected chi connectivity index (χ4v) is 3.15. The van der Waals surface area contributed by atoms with Crippen molar-refractivity contribution in [2.24, 2.45) is 27.9 Å². The molecule has 1 aromatic heterocycles. The number of nitrogens with two attached hydrogens (primary N) is 4. The monoisotopic (exact) mass is 496 g/mol. The van der Waals surface area contributed by atoms with Crippen LogP contribution < -0.4 is 38.9 Å². The lowest BCUT2D eigenvalue weighted by molar-refractivity contribution is -0.142. The second-order valence-corrected chi connectivity index (χ2v) is 7.80. The van der Waals surface area contributed by atoms with Gasteiger partial charge < -0.3 is 49.0 Å². The highest BCUT2D eigenvalue weighted by molar-refractivity contribution is 5.93. The van der Waals surface area contributed by atoms with Gasteiger partial charge in [0.25, 0.3) is 0 Å². The van der Waals surface area contributed by atoms with Gasteiger partial charge in [0, 0.05) is 24.9 Å². The zero-order valence-corrected chi connectivity index (χ0v) is 19.5. The van der Waals surface area contributed by atoms with Gasteiger partial charge in [-0.2, -0.15) is 0 Å². The molecule has 0 bridgehead atoms. The highest BCUT2D eigenvalue weighted by Gasteiger charge is 2.29. The van der Waals surface area contributed by atoms with Gasteiger partial charge in [-0.1, -0.05) is 0 Å². The number of aliphatic carboxylic acids is 1. The molecule has 0 radical (unpaired) electrons. The second kappa shape index (κ2) is 16.0. The largest absolute Gasteiger partial charge is 0.480 e. The number of carboxylic acids is 1. The van der Waals surface area contributed by atoms with Crippen molar-refractivity contribution in [3.05, 3.63) is 18.2 Å². The molecule has 0 saturated heterocycles. The van der Waals surface area contributed by atoms with Crippen LogP contribution in [0.3, 0.4) is 0 Å². The predicted molar refractivity (Wildman–Crippen MR) is 128 cm³/mol. The molecule has 0 fully saturated rings. The van der Waals surface area contributed by atoms with Crippen LogP contribution in [0.2, 0.25) is 0 Å². The Morgan fingerprint density at radius 3 is 2.14 bits per heavy atom. The molecular weight excluding hydrogens is 460 g/mol. The quantitative estimate of drug-likeness (QED) is 0.0586. The third-order valence-electron chi connectivity index (χ3n) is 4.96. The van der Waals surface area contributed by atoms with Gasteiger partial charge in [-0.15, -0.1) is 0 Å². The van der Waals surface area contributed by atoms with Gasteiger partial charge in [0.2, 0.25) is 17.7 Å². The van der Waals surface area contributed by atoms with Crippen molar-refractivity contribution in [1.82, 2.24) is 25.9 Å². The third kappa shape index (κ3) is 11.8. The number of aliphatic imine (C=N–C) groups is 1. The van der Waals surface area contributed by atoms with Gasteiger partial charge in [-0.3, -0.25) is 19.4 Å². The fourth-order valence-electron chi connectivity index (χ4n) is 3.15. The van der Waals surface area contributed by atoms with Crippen molar-refractivity contribution in [3.63, 3.8) is 0 Å². The first kappa shape index (κ1) is 29.3. The van der Waals surface area contributed by atoms with E-state index in [-0.39, 0.29) is 38.3 Å². The molecule has 1 rings (SSSR count). The first-order valence-electron chi connectivity index (χ1n) is 11.2. The summed E-state index contributed by atoms with van der Waals surface area (Å²) >= 11 is 0. The number of guanidine groups is 1. The summed E-state index contributed by atoms with van der Waals surface area (Å²) in [4.78, 5) is 59.9. The van der Waals surface area contributed by atoms with E-state index in [9.17, 15) is 24.3 Å². The number of imidazole rings is 1. The number of aromatic nitrogens is 2. The van der Waals surface area contributed by atoms with Gasteiger partial charge in [0.1, 0.15) is 18.1 Å². The first-order chi connectivity index (χ1) is 16.7. The van der Waals surface area contributed by atoms with E-state index in [1.165, 1.54) is 12.5 Å². The molecule has 3 unspecified atom stereocenters. The smallest absolute Gasteiger partial charge is 0.326 e. The van der Waals surface area contributed by atoms with E-state index in [1.807, 2.05) is 0 Å². The Kier molecular flexibility index (Phi) is 13.4. The van der Waals surface area contributed by atoms with Crippen molar-refractivity contribution in [2.45, 2.75) is 56.7 Å². The number of hydrogen-bond acceptors (Lipinski definition) is 8. The third-order valence-corrected chi connectivity index (χ3v) is 4.96. The lowest BCUT2D eigenvalue weighted by Gasteiger charge is -2.24. The topological polar surface area (TPSA) is 270 Å². The van der Waals surface area contributed by atoms with Crippen LogP contribution >= 0.6 is 0 Å². The molecule has 15 heteroatoms. The Labute approximate surface area is 202 Å². The molecule has 1 aromatic rings. The van der Waals surface area contributed by atoms with E-state index in [2.05, 4.69) is 30.9 Å². The molecule has 1 heterocycles. The number of carbonyl (C=O) groups is 4. The van der Waals surface area contributed by atoms with E-state index in [0.29, 0.717) is 31.5 Å². The average Bonchev–Trinajstić information content (AvgIpc) is 3.32. The Hall–Kier alpha value is -3.72. The molecule has 0 aliphatic rings.